The molecule has 0 saturated heterocycles. The number of hydrogen-bond donors (Lipinski definition) is 0. The van der Waals surface area contributed by atoms with E-state index in [4.69, 9.17) is 4.98 Å². The third-order valence-corrected chi connectivity index (χ3v) is 8.17. The average Bonchev–Trinajstić information content (AvgIpc) is 3.44. The maximum absolute atomic E-state index is 5.12. The molecule has 4 aromatic carbocycles. The fourth-order valence-corrected chi connectivity index (χ4v) is 6.44. The van der Waals surface area contributed by atoms with E-state index in [-0.39, 0.29) is 5.41 Å². The lowest BCUT2D eigenvalue weighted by Crippen LogP contribution is -2.19. The molecular weight excluding hydrogens is 462 g/mol. The fraction of sp³-hybridized carbons (Fsp3) is 0.0857. The Kier molecular flexibility index (Phi) is 4.28. The van der Waals surface area contributed by atoms with Crippen LogP contribution in [0.3, 0.4) is 0 Å². The Morgan fingerprint density at radius 3 is 2.39 bits per heavy atom. The highest BCUT2D eigenvalue weighted by atomic mass is 15.0. The zero-order valence-corrected chi connectivity index (χ0v) is 21.3. The Morgan fingerprint density at radius 1 is 0.684 bits per heavy atom. The maximum atomic E-state index is 5.12. The predicted octanol–water partition coefficient (Wildman–Crippen LogP) is 8.70. The minimum absolute atomic E-state index is 0.118. The van der Waals surface area contributed by atoms with Crippen LogP contribution in [0.1, 0.15) is 25.1 Å². The molecule has 3 heteroatoms. The zero-order chi connectivity index (χ0) is 25.4. The molecule has 0 N–H and O–H groups in total. The van der Waals surface area contributed by atoms with Crippen LogP contribution in [0.2, 0.25) is 0 Å². The van der Waals surface area contributed by atoms with Crippen molar-refractivity contribution in [1.29, 1.82) is 0 Å². The number of nitrogens with zero attached hydrogens (tertiary/aromatic N) is 3. The van der Waals surface area contributed by atoms with Gasteiger partial charge in [-0.3, -0.25) is 4.98 Å². The van der Waals surface area contributed by atoms with Gasteiger partial charge in [-0.1, -0.05) is 92.7 Å². The lowest BCUT2D eigenvalue weighted by molar-refractivity contribution is 0.624. The molecule has 7 aromatic rings. The van der Waals surface area contributed by atoms with Crippen LogP contribution < -0.4 is 0 Å². The van der Waals surface area contributed by atoms with E-state index in [0.29, 0.717) is 0 Å². The van der Waals surface area contributed by atoms with Gasteiger partial charge in [-0.25, -0.2) is 4.98 Å². The predicted molar refractivity (Wildman–Crippen MR) is 157 cm³/mol. The monoisotopic (exact) mass is 487 g/mol. The highest BCUT2D eigenvalue weighted by Crippen LogP contribution is 2.53. The van der Waals surface area contributed by atoms with E-state index in [1.807, 2.05) is 12.3 Å². The van der Waals surface area contributed by atoms with Gasteiger partial charge in [0, 0.05) is 50.3 Å². The van der Waals surface area contributed by atoms with Crippen LogP contribution in [0.5, 0.6) is 0 Å². The lowest BCUT2D eigenvalue weighted by Gasteiger charge is -2.24. The molecule has 0 aliphatic heterocycles. The van der Waals surface area contributed by atoms with Gasteiger partial charge in [0.15, 0.2) is 0 Å². The number of hydrogen-bond acceptors (Lipinski definition) is 2. The van der Waals surface area contributed by atoms with Crippen molar-refractivity contribution in [2.24, 2.45) is 0 Å². The first-order valence-electron chi connectivity index (χ1n) is 13.1. The van der Waals surface area contributed by atoms with E-state index >= 15 is 0 Å². The summed E-state index contributed by atoms with van der Waals surface area (Å²) in [5.41, 5.74) is 11.6. The smallest absolute Gasteiger partial charge is 0.0972 e. The fourth-order valence-electron chi connectivity index (χ4n) is 6.44. The first-order valence-corrected chi connectivity index (χ1v) is 13.1. The normalized spacial score (nSPS) is 13.7. The van der Waals surface area contributed by atoms with E-state index in [9.17, 15) is 0 Å². The number of benzene rings is 4. The van der Waals surface area contributed by atoms with Crippen molar-refractivity contribution >= 4 is 32.7 Å². The summed E-state index contributed by atoms with van der Waals surface area (Å²) in [6, 6.07) is 39.0. The van der Waals surface area contributed by atoms with Crippen LogP contribution in [0.15, 0.2) is 115 Å². The molecule has 0 bridgehead atoms. The van der Waals surface area contributed by atoms with Gasteiger partial charge in [-0.2, -0.15) is 0 Å². The summed E-state index contributed by atoms with van der Waals surface area (Å²) in [5.74, 6) is 0. The van der Waals surface area contributed by atoms with Crippen LogP contribution in [0.25, 0.3) is 60.8 Å². The second-order valence-electron chi connectivity index (χ2n) is 10.7. The molecular formula is C35H25N3. The molecule has 1 aliphatic rings. The third-order valence-electron chi connectivity index (χ3n) is 8.17. The van der Waals surface area contributed by atoms with Crippen molar-refractivity contribution < 1.29 is 0 Å². The molecule has 1 aliphatic carbocycles. The van der Waals surface area contributed by atoms with Crippen molar-refractivity contribution in [1.82, 2.24) is 14.5 Å². The van der Waals surface area contributed by atoms with Gasteiger partial charge in [0.25, 0.3) is 0 Å². The van der Waals surface area contributed by atoms with Gasteiger partial charge in [0.1, 0.15) is 0 Å². The van der Waals surface area contributed by atoms with Crippen molar-refractivity contribution in [2.45, 2.75) is 19.3 Å². The van der Waals surface area contributed by atoms with E-state index in [1.165, 1.54) is 33.3 Å². The van der Waals surface area contributed by atoms with Crippen molar-refractivity contribution in [3.8, 4) is 28.1 Å². The Bertz CT molecular complexity index is 2060. The van der Waals surface area contributed by atoms with Crippen molar-refractivity contribution in [3.63, 3.8) is 0 Å². The molecule has 0 unspecified atom stereocenters. The summed E-state index contributed by atoms with van der Waals surface area (Å²) in [6.45, 7) is 4.69. The minimum Gasteiger partial charge on any atom is -0.312 e. The molecule has 0 atom stereocenters. The van der Waals surface area contributed by atoms with Crippen LogP contribution in [0, 0.1) is 0 Å². The molecule has 3 aromatic heterocycles. The van der Waals surface area contributed by atoms with Crippen molar-refractivity contribution in [3.05, 3.63) is 127 Å². The Balaban J connectivity index is 1.37. The molecule has 38 heavy (non-hydrogen) atoms. The molecule has 0 fully saturated rings. The van der Waals surface area contributed by atoms with E-state index < -0.39 is 0 Å². The molecule has 3 nitrogen and oxygen atoms in total. The lowest BCUT2D eigenvalue weighted by atomic mass is 9.85. The van der Waals surface area contributed by atoms with E-state index in [1.54, 1.807) is 0 Å². The van der Waals surface area contributed by atoms with Crippen LogP contribution >= 0.6 is 0 Å². The van der Waals surface area contributed by atoms with Gasteiger partial charge < -0.3 is 4.57 Å². The van der Waals surface area contributed by atoms with E-state index in [2.05, 4.69) is 127 Å². The topological polar surface area (TPSA) is 30.7 Å². The maximum Gasteiger partial charge on any atom is 0.0972 e. The first-order chi connectivity index (χ1) is 18.6. The van der Waals surface area contributed by atoms with Crippen LogP contribution in [-0.2, 0) is 5.41 Å². The Labute approximate surface area is 221 Å². The minimum atomic E-state index is -0.118. The van der Waals surface area contributed by atoms with Crippen LogP contribution in [-0.4, -0.2) is 14.5 Å². The van der Waals surface area contributed by atoms with Gasteiger partial charge in [-0.15, -0.1) is 0 Å². The SMILES string of the molecule is CC1(C)c2ccccc2-c2c1n(-c1cccc(-c3ccc4ccc5cccnc5c4n3)c1)c1ccccc21. The van der Waals surface area contributed by atoms with Gasteiger partial charge in [-0.05, 0) is 41.5 Å². The van der Waals surface area contributed by atoms with Gasteiger partial charge >= 0.3 is 0 Å². The average molecular weight is 488 g/mol. The molecule has 0 amide bonds. The van der Waals surface area contributed by atoms with E-state index in [0.717, 1.165) is 38.8 Å². The highest BCUT2D eigenvalue weighted by molar-refractivity contribution is 6.04. The summed E-state index contributed by atoms with van der Waals surface area (Å²) < 4.78 is 2.46. The Morgan fingerprint density at radius 2 is 1.47 bits per heavy atom. The number of rotatable bonds is 2. The van der Waals surface area contributed by atoms with Gasteiger partial charge in [0.2, 0.25) is 0 Å². The standard InChI is InChI=1S/C35H25N3/c1-35(2)28-14-5-3-12-26(28)31-27-13-4-6-15-30(27)38(34(31)35)25-11-7-9-24(21-25)29-19-18-23-17-16-22-10-8-20-36-32(22)33(23)37-29/h3-21H,1-2H3. The van der Waals surface area contributed by atoms with Crippen LogP contribution in [0.4, 0.5) is 0 Å². The summed E-state index contributed by atoms with van der Waals surface area (Å²) in [4.78, 5) is 9.76. The first kappa shape index (κ1) is 21.3. The largest absolute Gasteiger partial charge is 0.312 e. The summed E-state index contributed by atoms with van der Waals surface area (Å²) in [6.07, 6.45) is 1.84. The summed E-state index contributed by atoms with van der Waals surface area (Å²) in [7, 11) is 0. The summed E-state index contributed by atoms with van der Waals surface area (Å²) in [5, 5.41) is 3.51. The third kappa shape index (κ3) is 2.84. The molecule has 0 radical (unpaired) electrons. The second-order valence-corrected chi connectivity index (χ2v) is 10.7. The molecule has 0 spiro atoms. The summed E-state index contributed by atoms with van der Waals surface area (Å²) >= 11 is 0. The number of aromatic nitrogens is 3. The number of fused-ring (bicyclic) bond motifs is 8. The molecule has 180 valence electrons. The van der Waals surface area contributed by atoms with Gasteiger partial charge in [0.05, 0.1) is 22.2 Å². The quantitative estimate of drug-likeness (QED) is 0.228. The Hall–Kier alpha value is -4.76. The van der Waals surface area contributed by atoms with Crippen molar-refractivity contribution in [2.75, 3.05) is 0 Å². The number of pyridine rings is 2. The molecule has 3 heterocycles. The number of para-hydroxylation sites is 1. The second kappa shape index (κ2) is 7.62. The molecule has 8 rings (SSSR count). The zero-order valence-electron chi connectivity index (χ0n) is 21.3. The highest BCUT2D eigenvalue weighted by Gasteiger charge is 2.40. The molecule has 0 saturated carbocycles.